The molecule has 1 amide bonds. The molecule has 1 aliphatic heterocycles. The fourth-order valence-electron chi connectivity index (χ4n) is 3.00. The first kappa shape index (κ1) is 19.6. The van der Waals surface area contributed by atoms with Crippen molar-refractivity contribution in [2.75, 3.05) is 29.0 Å². The Balaban J connectivity index is 1.83. The molecule has 28 heavy (non-hydrogen) atoms. The monoisotopic (exact) mass is 395 g/mol. The number of rotatable bonds is 3. The maximum Gasteiger partial charge on any atom is 0.391 e. The second-order valence-corrected chi connectivity index (χ2v) is 6.45. The molecule has 1 aliphatic rings. The van der Waals surface area contributed by atoms with Crippen LogP contribution >= 0.6 is 0 Å². The molecule has 0 radical (unpaired) electrons. The summed E-state index contributed by atoms with van der Waals surface area (Å²) in [6.07, 6.45) is -1.81. The number of anilines is 3. The van der Waals surface area contributed by atoms with Gasteiger partial charge in [0.1, 0.15) is 5.82 Å². The number of carbonyl (C=O) groups is 1. The number of aromatic amines is 1. The highest BCUT2D eigenvalue weighted by molar-refractivity contribution is 6.30. The number of hydrogen-bond donors (Lipinski definition) is 3. The van der Waals surface area contributed by atoms with Crippen LogP contribution in [0.2, 0.25) is 0 Å². The standard InChI is InChI=1S/C15H17BF3N7O2/c16-9-6-21-11(20)10(23-9)13(27)24-12-8(5-22-14(28)25-12)26-3-1-7(2-4-26)15(17,18)19/h5-7H,1-4,16H2,(H2,20,21)(H2,22,24,25,27,28). The van der Waals surface area contributed by atoms with Crippen molar-refractivity contribution in [3.05, 3.63) is 28.6 Å². The summed E-state index contributed by atoms with van der Waals surface area (Å²) in [6, 6.07) is 0. The Bertz CT molecular complexity index is 942. The molecular formula is C15H17BF3N7O2. The molecule has 4 N–H and O–H groups in total. The Morgan fingerprint density at radius 2 is 1.96 bits per heavy atom. The number of halogens is 3. The topological polar surface area (TPSA) is 130 Å². The molecule has 3 heterocycles. The number of carbonyl (C=O) groups excluding carboxylic acids is 1. The SMILES string of the molecule is Bc1cnc(N)c(C(=O)Nc2[nH]c(=O)ncc2N2CCC(C(F)(F)F)CC2)n1. The van der Waals surface area contributed by atoms with Crippen LogP contribution in [0.15, 0.2) is 17.2 Å². The lowest BCUT2D eigenvalue weighted by atomic mass is 9.96. The predicted octanol–water partition coefficient (Wildman–Crippen LogP) is -0.569. The normalized spacial score (nSPS) is 15.5. The number of nitrogens with two attached hydrogens (primary N) is 1. The molecule has 0 saturated carbocycles. The molecule has 0 spiro atoms. The van der Waals surface area contributed by atoms with Crippen molar-refractivity contribution in [1.29, 1.82) is 0 Å². The van der Waals surface area contributed by atoms with E-state index in [4.69, 9.17) is 5.73 Å². The van der Waals surface area contributed by atoms with Gasteiger partial charge in [0, 0.05) is 24.9 Å². The Morgan fingerprint density at radius 1 is 1.29 bits per heavy atom. The quantitative estimate of drug-likeness (QED) is 0.594. The Hall–Kier alpha value is -3.12. The number of alkyl halides is 3. The van der Waals surface area contributed by atoms with E-state index < -0.39 is 23.7 Å². The zero-order valence-electron chi connectivity index (χ0n) is 14.9. The highest BCUT2D eigenvalue weighted by Crippen LogP contribution is 2.36. The summed E-state index contributed by atoms with van der Waals surface area (Å²) in [5, 5.41) is 2.49. The number of piperidine rings is 1. The van der Waals surface area contributed by atoms with Crippen LogP contribution in [0.5, 0.6) is 0 Å². The van der Waals surface area contributed by atoms with Crippen molar-refractivity contribution >= 4 is 36.7 Å². The first-order valence-corrected chi connectivity index (χ1v) is 8.46. The highest BCUT2D eigenvalue weighted by Gasteiger charge is 2.41. The summed E-state index contributed by atoms with van der Waals surface area (Å²) in [4.78, 5) is 39.6. The summed E-state index contributed by atoms with van der Waals surface area (Å²) in [7, 11) is 1.63. The third kappa shape index (κ3) is 4.23. The minimum atomic E-state index is -4.24. The van der Waals surface area contributed by atoms with Gasteiger partial charge in [-0.05, 0) is 12.8 Å². The number of H-pyrrole nitrogens is 1. The molecule has 0 aliphatic carbocycles. The van der Waals surface area contributed by atoms with Crippen LogP contribution in [0.4, 0.5) is 30.5 Å². The molecule has 0 aromatic carbocycles. The van der Waals surface area contributed by atoms with E-state index in [1.807, 2.05) is 0 Å². The lowest BCUT2D eigenvalue weighted by Crippen LogP contribution is -2.40. The lowest BCUT2D eigenvalue weighted by Gasteiger charge is -2.34. The van der Waals surface area contributed by atoms with Crippen LogP contribution < -0.4 is 27.2 Å². The summed E-state index contributed by atoms with van der Waals surface area (Å²) in [5.41, 5.74) is 5.62. The largest absolute Gasteiger partial charge is 0.391 e. The van der Waals surface area contributed by atoms with Crippen LogP contribution in [-0.2, 0) is 0 Å². The zero-order valence-corrected chi connectivity index (χ0v) is 14.9. The first-order chi connectivity index (χ1) is 13.1. The fourth-order valence-corrected chi connectivity index (χ4v) is 3.00. The van der Waals surface area contributed by atoms with Crippen molar-refractivity contribution in [3.63, 3.8) is 0 Å². The Morgan fingerprint density at radius 3 is 2.61 bits per heavy atom. The smallest absolute Gasteiger partial charge is 0.382 e. The first-order valence-electron chi connectivity index (χ1n) is 8.46. The molecule has 0 unspecified atom stereocenters. The number of nitrogens with one attached hydrogen (secondary N) is 2. The van der Waals surface area contributed by atoms with E-state index >= 15 is 0 Å². The maximum absolute atomic E-state index is 12.9. The molecular weight excluding hydrogens is 378 g/mol. The fraction of sp³-hybridized carbons (Fsp3) is 0.400. The number of hydrogen-bond acceptors (Lipinski definition) is 7. The van der Waals surface area contributed by atoms with E-state index in [1.54, 1.807) is 12.7 Å². The molecule has 2 aromatic heterocycles. The van der Waals surface area contributed by atoms with Gasteiger partial charge in [0.2, 0.25) is 0 Å². The van der Waals surface area contributed by atoms with Crippen LogP contribution in [0.25, 0.3) is 0 Å². The second kappa shape index (κ2) is 7.48. The van der Waals surface area contributed by atoms with E-state index in [0.29, 0.717) is 11.3 Å². The molecule has 1 fully saturated rings. The zero-order chi connectivity index (χ0) is 20.5. The summed E-state index contributed by atoms with van der Waals surface area (Å²) < 4.78 is 38.6. The molecule has 2 aromatic rings. The van der Waals surface area contributed by atoms with E-state index in [9.17, 15) is 22.8 Å². The van der Waals surface area contributed by atoms with Gasteiger partial charge in [-0.2, -0.15) is 18.2 Å². The molecule has 3 rings (SSSR count). The van der Waals surface area contributed by atoms with Gasteiger partial charge < -0.3 is 16.0 Å². The number of nitrogens with zero attached hydrogens (tertiary/aromatic N) is 4. The van der Waals surface area contributed by atoms with Crippen LogP contribution in [0, 0.1) is 5.92 Å². The Labute approximate surface area is 158 Å². The van der Waals surface area contributed by atoms with E-state index in [2.05, 4.69) is 25.3 Å². The van der Waals surface area contributed by atoms with Crippen molar-refractivity contribution in [1.82, 2.24) is 19.9 Å². The maximum atomic E-state index is 12.9. The van der Waals surface area contributed by atoms with Gasteiger partial charge in [-0.15, -0.1) is 0 Å². The average molecular weight is 395 g/mol. The van der Waals surface area contributed by atoms with Gasteiger partial charge in [-0.25, -0.2) is 9.78 Å². The van der Waals surface area contributed by atoms with Gasteiger partial charge in [0.25, 0.3) is 5.91 Å². The number of aromatic nitrogens is 4. The molecule has 1 saturated heterocycles. The summed E-state index contributed by atoms with van der Waals surface area (Å²) >= 11 is 0. The second-order valence-electron chi connectivity index (χ2n) is 6.45. The third-order valence-corrected chi connectivity index (χ3v) is 4.47. The van der Waals surface area contributed by atoms with E-state index in [1.165, 1.54) is 12.4 Å². The average Bonchev–Trinajstić information content (AvgIpc) is 2.63. The molecule has 148 valence electrons. The van der Waals surface area contributed by atoms with Crippen LogP contribution in [0.1, 0.15) is 23.3 Å². The minimum absolute atomic E-state index is 0.0122. The molecule has 0 atom stereocenters. The minimum Gasteiger partial charge on any atom is -0.382 e. The van der Waals surface area contributed by atoms with Gasteiger partial charge in [-0.3, -0.25) is 14.8 Å². The van der Waals surface area contributed by atoms with Crippen molar-refractivity contribution in [2.45, 2.75) is 19.0 Å². The lowest BCUT2D eigenvalue weighted by molar-refractivity contribution is -0.179. The van der Waals surface area contributed by atoms with Gasteiger partial charge in [0.05, 0.1) is 17.8 Å². The molecule has 13 heteroatoms. The molecule has 0 bridgehead atoms. The van der Waals surface area contributed by atoms with Crippen molar-refractivity contribution < 1.29 is 18.0 Å². The molecule has 9 nitrogen and oxygen atoms in total. The summed E-state index contributed by atoms with van der Waals surface area (Å²) in [6.45, 7) is 0.209. The van der Waals surface area contributed by atoms with E-state index in [0.717, 1.165) is 0 Å². The van der Waals surface area contributed by atoms with Gasteiger partial charge in [0.15, 0.2) is 19.4 Å². The van der Waals surface area contributed by atoms with Crippen LogP contribution in [0.3, 0.4) is 0 Å². The van der Waals surface area contributed by atoms with Gasteiger partial charge >= 0.3 is 11.9 Å². The Kier molecular flexibility index (Phi) is 5.25. The summed E-state index contributed by atoms with van der Waals surface area (Å²) in [5.74, 6) is -2.16. The number of nitrogen functional groups attached to an aromatic ring is 1. The number of amides is 1. The highest BCUT2D eigenvalue weighted by atomic mass is 19.4. The third-order valence-electron chi connectivity index (χ3n) is 4.47. The predicted molar refractivity (Wildman–Crippen MR) is 98.4 cm³/mol. The van der Waals surface area contributed by atoms with Crippen molar-refractivity contribution in [3.8, 4) is 0 Å². The van der Waals surface area contributed by atoms with E-state index in [-0.39, 0.29) is 43.3 Å². The van der Waals surface area contributed by atoms with Crippen LogP contribution in [-0.4, -0.2) is 53.0 Å². The van der Waals surface area contributed by atoms with Crippen molar-refractivity contribution in [2.24, 2.45) is 5.92 Å². The van der Waals surface area contributed by atoms with Gasteiger partial charge in [-0.1, -0.05) is 0 Å².